The Morgan fingerprint density at radius 2 is 2.07 bits per heavy atom. The Kier molecular flexibility index (Phi) is 4.95. The standard InChI is InChI=1S/C12H21N3/c1-4-10(5-2)9-15-11-6-7-14-12(8-11)13-3/h6-8,10H,4-5,9H2,1-3H3,(H2,13,14,15). The lowest BCUT2D eigenvalue weighted by atomic mass is 10.0. The van der Waals surface area contributed by atoms with Gasteiger partial charge in [-0.2, -0.15) is 0 Å². The molecule has 0 spiro atoms. The number of hydrogen-bond donors (Lipinski definition) is 2. The average Bonchev–Trinajstić information content (AvgIpc) is 2.31. The van der Waals surface area contributed by atoms with Crippen molar-refractivity contribution in [3.05, 3.63) is 18.3 Å². The maximum absolute atomic E-state index is 4.17. The number of rotatable bonds is 6. The minimum atomic E-state index is 0.760. The Morgan fingerprint density at radius 3 is 2.67 bits per heavy atom. The van der Waals surface area contributed by atoms with E-state index in [2.05, 4.69) is 29.5 Å². The maximum atomic E-state index is 4.17. The van der Waals surface area contributed by atoms with Gasteiger partial charge < -0.3 is 10.6 Å². The van der Waals surface area contributed by atoms with Gasteiger partial charge in [-0.3, -0.25) is 0 Å². The molecule has 0 aromatic carbocycles. The van der Waals surface area contributed by atoms with Gasteiger partial charge in [0.25, 0.3) is 0 Å². The van der Waals surface area contributed by atoms with Gasteiger partial charge >= 0.3 is 0 Å². The molecule has 0 fully saturated rings. The van der Waals surface area contributed by atoms with Crippen molar-refractivity contribution in [2.24, 2.45) is 5.92 Å². The number of nitrogens with one attached hydrogen (secondary N) is 2. The molecular formula is C12H21N3. The smallest absolute Gasteiger partial charge is 0.127 e. The van der Waals surface area contributed by atoms with Gasteiger partial charge in [0.15, 0.2) is 0 Å². The Balaban J connectivity index is 2.49. The van der Waals surface area contributed by atoms with Crippen LogP contribution >= 0.6 is 0 Å². The molecule has 84 valence electrons. The highest BCUT2D eigenvalue weighted by Crippen LogP contribution is 2.13. The summed E-state index contributed by atoms with van der Waals surface area (Å²) in [5.74, 6) is 1.67. The van der Waals surface area contributed by atoms with E-state index in [1.165, 1.54) is 12.8 Å². The van der Waals surface area contributed by atoms with Crippen LogP contribution < -0.4 is 10.6 Å². The zero-order chi connectivity index (χ0) is 11.1. The van der Waals surface area contributed by atoms with Crippen LogP contribution in [-0.2, 0) is 0 Å². The third-order valence-electron chi connectivity index (χ3n) is 2.77. The van der Waals surface area contributed by atoms with Crippen LogP contribution in [0.4, 0.5) is 11.5 Å². The van der Waals surface area contributed by atoms with Crippen molar-refractivity contribution in [2.45, 2.75) is 26.7 Å². The van der Waals surface area contributed by atoms with Crippen LogP contribution in [0.25, 0.3) is 0 Å². The fourth-order valence-corrected chi connectivity index (χ4v) is 1.52. The molecule has 3 heteroatoms. The third-order valence-corrected chi connectivity index (χ3v) is 2.77. The molecule has 0 radical (unpaired) electrons. The number of anilines is 2. The first-order valence-electron chi connectivity index (χ1n) is 5.67. The number of pyridine rings is 1. The molecule has 0 saturated heterocycles. The molecule has 1 aromatic heterocycles. The van der Waals surface area contributed by atoms with Crippen molar-refractivity contribution in [3.8, 4) is 0 Å². The van der Waals surface area contributed by atoms with Gasteiger partial charge in [-0.05, 0) is 12.0 Å². The second-order valence-corrected chi connectivity index (χ2v) is 3.74. The second kappa shape index (κ2) is 6.27. The van der Waals surface area contributed by atoms with E-state index in [4.69, 9.17) is 0 Å². The van der Waals surface area contributed by atoms with Crippen LogP contribution in [0.1, 0.15) is 26.7 Å². The summed E-state index contributed by atoms with van der Waals surface area (Å²) in [5, 5.41) is 6.47. The van der Waals surface area contributed by atoms with Gasteiger partial charge in [-0.25, -0.2) is 4.98 Å². The van der Waals surface area contributed by atoms with Gasteiger partial charge in [-0.15, -0.1) is 0 Å². The highest BCUT2D eigenvalue weighted by atomic mass is 15.0. The van der Waals surface area contributed by atoms with Crippen LogP contribution in [0.15, 0.2) is 18.3 Å². The van der Waals surface area contributed by atoms with E-state index in [1.54, 1.807) is 0 Å². The first-order chi connectivity index (χ1) is 7.30. The predicted octanol–water partition coefficient (Wildman–Crippen LogP) is 2.97. The monoisotopic (exact) mass is 207 g/mol. The highest BCUT2D eigenvalue weighted by Gasteiger charge is 2.02. The fraction of sp³-hybridized carbons (Fsp3) is 0.583. The minimum absolute atomic E-state index is 0.760. The van der Waals surface area contributed by atoms with Gasteiger partial charge in [0, 0.05) is 31.5 Å². The minimum Gasteiger partial charge on any atom is -0.385 e. The van der Waals surface area contributed by atoms with E-state index in [1.807, 2.05) is 25.4 Å². The number of hydrogen-bond acceptors (Lipinski definition) is 3. The Hall–Kier alpha value is -1.25. The SMILES string of the molecule is CCC(CC)CNc1ccnc(NC)c1. The highest BCUT2D eigenvalue weighted by molar-refractivity contribution is 5.51. The summed E-state index contributed by atoms with van der Waals surface area (Å²) < 4.78 is 0. The Labute approximate surface area is 92.3 Å². The second-order valence-electron chi connectivity index (χ2n) is 3.74. The molecular weight excluding hydrogens is 186 g/mol. The van der Waals surface area contributed by atoms with Crippen molar-refractivity contribution in [1.82, 2.24) is 4.98 Å². The summed E-state index contributed by atoms with van der Waals surface area (Å²) in [6.45, 7) is 5.52. The lowest BCUT2D eigenvalue weighted by Crippen LogP contribution is -2.12. The lowest BCUT2D eigenvalue weighted by molar-refractivity contribution is 0.519. The van der Waals surface area contributed by atoms with Crippen molar-refractivity contribution >= 4 is 11.5 Å². The maximum Gasteiger partial charge on any atom is 0.127 e. The molecule has 1 aromatic rings. The number of nitrogens with zero attached hydrogens (tertiary/aromatic N) is 1. The predicted molar refractivity (Wildman–Crippen MR) is 66.3 cm³/mol. The zero-order valence-electron chi connectivity index (χ0n) is 9.88. The summed E-state index contributed by atoms with van der Waals surface area (Å²) >= 11 is 0. The van der Waals surface area contributed by atoms with E-state index < -0.39 is 0 Å². The zero-order valence-corrected chi connectivity index (χ0v) is 9.88. The molecule has 0 unspecified atom stereocenters. The lowest BCUT2D eigenvalue weighted by Gasteiger charge is -2.14. The van der Waals surface area contributed by atoms with Gasteiger partial charge in [0.1, 0.15) is 5.82 Å². The fourth-order valence-electron chi connectivity index (χ4n) is 1.52. The Bertz CT molecular complexity index is 282. The van der Waals surface area contributed by atoms with Crippen LogP contribution in [0, 0.1) is 5.92 Å². The van der Waals surface area contributed by atoms with Gasteiger partial charge in [0.05, 0.1) is 0 Å². The summed E-state index contributed by atoms with van der Waals surface area (Å²) in [7, 11) is 1.88. The first kappa shape index (κ1) is 11.8. The van der Waals surface area contributed by atoms with Crippen LogP contribution in [0.2, 0.25) is 0 Å². The van der Waals surface area contributed by atoms with Crippen molar-refractivity contribution in [2.75, 3.05) is 24.2 Å². The molecule has 2 N–H and O–H groups in total. The van der Waals surface area contributed by atoms with Crippen molar-refractivity contribution < 1.29 is 0 Å². The van der Waals surface area contributed by atoms with Crippen LogP contribution in [0.5, 0.6) is 0 Å². The van der Waals surface area contributed by atoms with E-state index >= 15 is 0 Å². The Morgan fingerprint density at radius 1 is 1.33 bits per heavy atom. The molecule has 0 atom stereocenters. The van der Waals surface area contributed by atoms with Crippen molar-refractivity contribution in [3.63, 3.8) is 0 Å². The number of aromatic nitrogens is 1. The summed E-state index contributed by atoms with van der Waals surface area (Å²) in [5.41, 5.74) is 1.14. The van der Waals surface area contributed by atoms with Crippen LogP contribution in [0.3, 0.4) is 0 Å². The quantitative estimate of drug-likeness (QED) is 0.753. The van der Waals surface area contributed by atoms with E-state index in [-0.39, 0.29) is 0 Å². The molecule has 0 aliphatic heterocycles. The van der Waals surface area contributed by atoms with Crippen LogP contribution in [-0.4, -0.2) is 18.6 Å². The van der Waals surface area contributed by atoms with E-state index in [0.717, 1.165) is 24.0 Å². The van der Waals surface area contributed by atoms with E-state index in [9.17, 15) is 0 Å². The first-order valence-corrected chi connectivity index (χ1v) is 5.67. The molecule has 0 aliphatic carbocycles. The molecule has 1 heterocycles. The molecule has 0 saturated carbocycles. The summed E-state index contributed by atoms with van der Waals surface area (Å²) in [6.07, 6.45) is 4.28. The topological polar surface area (TPSA) is 37.0 Å². The van der Waals surface area contributed by atoms with Gasteiger partial charge in [0.2, 0.25) is 0 Å². The van der Waals surface area contributed by atoms with E-state index in [0.29, 0.717) is 0 Å². The molecule has 1 rings (SSSR count). The average molecular weight is 207 g/mol. The third kappa shape index (κ3) is 3.78. The normalized spacial score (nSPS) is 10.4. The summed E-state index contributed by atoms with van der Waals surface area (Å²) in [6, 6.07) is 4.03. The molecule has 15 heavy (non-hydrogen) atoms. The molecule has 0 amide bonds. The summed E-state index contributed by atoms with van der Waals surface area (Å²) in [4.78, 5) is 4.17. The largest absolute Gasteiger partial charge is 0.385 e. The molecule has 0 aliphatic rings. The van der Waals surface area contributed by atoms with Gasteiger partial charge in [-0.1, -0.05) is 26.7 Å². The van der Waals surface area contributed by atoms with Crippen molar-refractivity contribution in [1.29, 1.82) is 0 Å². The molecule has 3 nitrogen and oxygen atoms in total. The molecule has 0 bridgehead atoms.